The van der Waals surface area contributed by atoms with Crippen LogP contribution in [0.15, 0.2) is 24.3 Å². The number of carbonyl (C=O) groups is 1. The van der Waals surface area contributed by atoms with E-state index >= 15 is 0 Å². The van der Waals surface area contributed by atoms with Crippen LogP contribution >= 0.6 is 0 Å². The molecule has 0 saturated heterocycles. The Hall–Kier alpha value is -1.15. The lowest BCUT2D eigenvalue weighted by atomic mass is 10.0. The molecule has 0 heterocycles. The summed E-state index contributed by atoms with van der Waals surface area (Å²) in [6.45, 7) is 7.00. The molecule has 88 valence electrons. The first kappa shape index (κ1) is 12.9. The minimum absolute atomic E-state index is 0.0421. The fourth-order valence-electron chi connectivity index (χ4n) is 1.62. The SMILES string of the molecule is CCCN[C@@H](C)C(=O)Cc1ccccc1C. The van der Waals surface area contributed by atoms with E-state index in [1.807, 2.05) is 38.1 Å². The predicted octanol–water partition coefficient (Wildman–Crippen LogP) is 2.49. The molecule has 0 amide bonds. The summed E-state index contributed by atoms with van der Waals surface area (Å²) in [5.41, 5.74) is 2.33. The lowest BCUT2D eigenvalue weighted by Gasteiger charge is -2.12. The first-order valence-corrected chi connectivity index (χ1v) is 5.95. The molecular weight excluding hydrogens is 198 g/mol. The fraction of sp³-hybridized carbons (Fsp3) is 0.500. The van der Waals surface area contributed by atoms with Gasteiger partial charge in [0.15, 0.2) is 5.78 Å². The number of aryl methyl sites for hydroxylation is 1. The number of benzene rings is 1. The average Bonchev–Trinajstić information content (AvgIpc) is 2.28. The first-order valence-electron chi connectivity index (χ1n) is 5.95. The largest absolute Gasteiger partial charge is 0.308 e. The zero-order chi connectivity index (χ0) is 12.0. The second kappa shape index (κ2) is 6.44. The van der Waals surface area contributed by atoms with Crippen LogP contribution in [0.1, 0.15) is 31.4 Å². The van der Waals surface area contributed by atoms with Crippen molar-refractivity contribution < 1.29 is 4.79 Å². The van der Waals surface area contributed by atoms with E-state index in [0.29, 0.717) is 6.42 Å². The molecule has 1 rings (SSSR count). The Morgan fingerprint density at radius 2 is 2.06 bits per heavy atom. The van der Waals surface area contributed by atoms with Gasteiger partial charge in [0.05, 0.1) is 6.04 Å². The fourth-order valence-corrected chi connectivity index (χ4v) is 1.62. The second-order valence-corrected chi connectivity index (χ2v) is 4.25. The third-order valence-electron chi connectivity index (χ3n) is 2.81. The summed E-state index contributed by atoms with van der Waals surface area (Å²) in [6, 6.07) is 8.02. The van der Waals surface area contributed by atoms with Gasteiger partial charge in [-0.2, -0.15) is 0 Å². The normalized spacial score (nSPS) is 12.4. The molecule has 1 aromatic rings. The highest BCUT2D eigenvalue weighted by atomic mass is 16.1. The molecule has 2 heteroatoms. The molecule has 0 bridgehead atoms. The summed E-state index contributed by atoms with van der Waals surface area (Å²) in [7, 11) is 0. The maximum Gasteiger partial charge on any atom is 0.153 e. The standard InChI is InChI=1S/C14H21NO/c1-4-9-15-12(3)14(16)10-13-8-6-5-7-11(13)2/h5-8,12,15H,4,9-10H2,1-3H3/t12-/m0/s1. The number of ketones is 1. The zero-order valence-electron chi connectivity index (χ0n) is 10.4. The number of hydrogen-bond acceptors (Lipinski definition) is 2. The van der Waals surface area contributed by atoms with E-state index in [-0.39, 0.29) is 11.8 Å². The molecule has 1 atom stereocenters. The van der Waals surface area contributed by atoms with Crippen molar-refractivity contribution in [2.24, 2.45) is 0 Å². The van der Waals surface area contributed by atoms with Crippen LogP contribution < -0.4 is 5.32 Å². The van der Waals surface area contributed by atoms with Crippen molar-refractivity contribution in [3.8, 4) is 0 Å². The third kappa shape index (κ3) is 3.78. The number of nitrogens with one attached hydrogen (secondary N) is 1. The highest BCUT2D eigenvalue weighted by Gasteiger charge is 2.12. The minimum Gasteiger partial charge on any atom is -0.308 e. The monoisotopic (exact) mass is 219 g/mol. The number of Topliss-reactive ketones (excluding diaryl/α,β-unsaturated/α-hetero) is 1. The highest BCUT2D eigenvalue weighted by molar-refractivity contribution is 5.85. The molecule has 0 fully saturated rings. The Kier molecular flexibility index (Phi) is 5.20. The summed E-state index contributed by atoms with van der Waals surface area (Å²) in [5, 5.41) is 3.22. The van der Waals surface area contributed by atoms with Crippen molar-refractivity contribution in [3.63, 3.8) is 0 Å². The van der Waals surface area contributed by atoms with Crippen LogP contribution in [0.25, 0.3) is 0 Å². The highest BCUT2D eigenvalue weighted by Crippen LogP contribution is 2.08. The molecule has 2 nitrogen and oxygen atoms in total. The molecule has 0 aromatic heterocycles. The molecule has 0 aliphatic rings. The molecular formula is C14H21NO. The summed E-state index contributed by atoms with van der Waals surface area (Å²) in [6.07, 6.45) is 1.59. The van der Waals surface area contributed by atoms with E-state index in [0.717, 1.165) is 18.5 Å². The van der Waals surface area contributed by atoms with Crippen molar-refractivity contribution in [2.75, 3.05) is 6.54 Å². The van der Waals surface area contributed by atoms with Gasteiger partial charge in [-0.3, -0.25) is 4.79 Å². The van der Waals surface area contributed by atoms with E-state index in [1.54, 1.807) is 0 Å². The van der Waals surface area contributed by atoms with Crippen molar-refractivity contribution in [1.82, 2.24) is 5.32 Å². The van der Waals surface area contributed by atoms with E-state index < -0.39 is 0 Å². The molecule has 0 unspecified atom stereocenters. The topological polar surface area (TPSA) is 29.1 Å². The van der Waals surface area contributed by atoms with Gasteiger partial charge < -0.3 is 5.32 Å². The van der Waals surface area contributed by atoms with Gasteiger partial charge in [0, 0.05) is 6.42 Å². The lowest BCUT2D eigenvalue weighted by Crippen LogP contribution is -2.35. The number of hydrogen-bond donors (Lipinski definition) is 1. The van der Waals surface area contributed by atoms with Crippen molar-refractivity contribution in [3.05, 3.63) is 35.4 Å². The van der Waals surface area contributed by atoms with Crippen LogP contribution in [-0.4, -0.2) is 18.4 Å². The van der Waals surface area contributed by atoms with Crippen molar-refractivity contribution >= 4 is 5.78 Å². The van der Waals surface area contributed by atoms with Crippen LogP contribution in [0.3, 0.4) is 0 Å². The Labute approximate surface area is 98.1 Å². The summed E-state index contributed by atoms with van der Waals surface area (Å²) < 4.78 is 0. The van der Waals surface area contributed by atoms with Gasteiger partial charge in [-0.1, -0.05) is 31.2 Å². The van der Waals surface area contributed by atoms with Crippen LogP contribution in [0, 0.1) is 6.92 Å². The molecule has 0 aliphatic carbocycles. The third-order valence-corrected chi connectivity index (χ3v) is 2.81. The molecule has 1 aromatic carbocycles. The average molecular weight is 219 g/mol. The van der Waals surface area contributed by atoms with Crippen LogP contribution in [0.2, 0.25) is 0 Å². The quantitative estimate of drug-likeness (QED) is 0.796. The van der Waals surface area contributed by atoms with Crippen LogP contribution in [0.4, 0.5) is 0 Å². The van der Waals surface area contributed by atoms with Crippen molar-refractivity contribution in [2.45, 2.75) is 39.7 Å². The summed E-state index contributed by atoms with van der Waals surface area (Å²) in [5.74, 6) is 0.266. The van der Waals surface area contributed by atoms with E-state index in [4.69, 9.17) is 0 Å². The van der Waals surface area contributed by atoms with Gasteiger partial charge in [0.1, 0.15) is 0 Å². The Bertz CT molecular complexity index is 346. The van der Waals surface area contributed by atoms with Gasteiger partial charge in [-0.15, -0.1) is 0 Å². The van der Waals surface area contributed by atoms with Crippen LogP contribution in [-0.2, 0) is 11.2 Å². The maximum absolute atomic E-state index is 11.9. The van der Waals surface area contributed by atoms with Gasteiger partial charge in [0.2, 0.25) is 0 Å². The Balaban J connectivity index is 2.54. The smallest absolute Gasteiger partial charge is 0.153 e. The van der Waals surface area contributed by atoms with Gasteiger partial charge >= 0.3 is 0 Å². The zero-order valence-corrected chi connectivity index (χ0v) is 10.4. The Morgan fingerprint density at radius 1 is 1.38 bits per heavy atom. The van der Waals surface area contributed by atoms with Crippen molar-refractivity contribution in [1.29, 1.82) is 0 Å². The maximum atomic E-state index is 11.9. The first-order chi connectivity index (χ1) is 7.65. The van der Waals surface area contributed by atoms with E-state index in [1.165, 1.54) is 5.56 Å². The van der Waals surface area contributed by atoms with E-state index in [2.05, 4.69) is 12.2 Å². The molecule has 0 saturated carbocycles. The number of rotatable bonds is 6. The van der Waals surface area contributed by atoms with Gasteiger partial charge in [0.25, 0.3) is 0 Å². The molecule has 1 N–H and O–H groups in total. The molecule has 16 heavy (non-hydrogen) atoms. The van der Waals surface area contributed by atoms with Crippen LogP contribution in [0.5, 0.6) is 0 Å². The Morgan fingerprint density at radius 3 is 2.69 bits per heavy atom. The minimum atomic E-state index is -0.0421. The molecule has 0 aliphatic heterocycles. The molecule has 0 spiro atoms. The summed E-state index contributed by atoms with van der Waals surface area (Å²) >= 11 is 0. The van der Waals surface area contributed by atoms with E-state index in [9.17, 15) is 4.79 Å². The second-order valence-electron chi connectivity index (χ2n) is 4.25. The van der Waals surface area contributed by atoms with Gasteiger partial charge in [-0.05, 0) is 37.9 Å². The number of carbonyl (C=O) groups excluding carboxylic acids is 1. The lowest BCUT2D eigenvalue weighted by molar-refractivity contribution is -0.120. The summed E-state index contributed by atoms with van der Waals surface area (Å²) in [4.78, 5) is 11.9. The predicted molar refractivity (Wildman–Crippen MR) is 67.6 cm³/mol. The van der Waals surface area contributed by atoms with Gasteiger partial charge in [-0.25, -0.2) is 0 Å². The molecule has 0 radical (unpaired) electrons.